The summed E-state index contributed by atoms with van der Waals surface area (Å²) in [7, 11) is 0. The van der Waals surface area contributed by atoms with Gasteiger partial charge in [-0.15, -0.1) is 11.3 Å². The minimum Gasteiger partial charge on any atom is -0.444 e. The van der Waals surface area contributed by atoms with Crippen molar-refractivity contribution >= 4 is 33.0 Å². The maximum absolute atomic E-state index is 12.5. The van der Waals surface area contributed by atoms with E-state index in [0.29, 0.717) is 29.7 Å². The Morgan fingerprint density at radius 1 is 1.48 bits per heavy atom. The maximum atomic E-state index is 12.5. The first-order chi connectivity index (χ1) is 10.0. The van der Waals surface area contributed by atoms with E-state index in [9.17, 15) is 10.1 Å². The van der Waals surface area contributed by atoms with Crippen molar-refractivity contribution in [3.05, 3.63) is 43.6 Å². The third kappa shape index (κ3) is 2.41. The largest absolute Gasteiger partial charge is 0.444 e. The molecule has 0 unspecified atom stereocenters. The first kappa shape index (κ1) is 14.4. The summed E-state index contributed by atoms with van der Waals surface area (Å²) in [6, 6.07) is 5.95. The molecule has 108 valence electrons. The Kier molecular flexibility index (Phi) is 3.64. The van der Waals surface area contributed by atoms with Crippen molar-refractivity contribution in [1.29, 1.82) is 5.26 Å². The number of allylic oxidation sites excluding steroid dienone is 3. The molecule has 0 fully saturated rings. The molecule has 2 aliphatic rings. The average Bonchev–Trinajstić information content (AvgIpc) is 2.83. The Hall–Kier alpha value is -1.58. The molecular weight excluding hydrogens is 352 g/mol. The average molecular weight is 365 g/mol. The number of hydrogen-bond acceptors (Lipinski definition) is 5. The SMILES string of the molecule is C[C@@H]1CC(=O)C2=C(C1)OC(N)=C(C#N)[C@H]2c1ccc(Br)s1. The quantitative estimate of drug-likeness (QED) is 0.826. The van der Waals surface area contributed by atoms with Crippen LogP contribution in [0.1, 0.15) is 30.6 Å². The molecule has 0 bridgehead atoms. The molecule has 0 radical (unpaired) electrons. The minimum absolute atomic E-state index is 0.0542. The first-order valence-corrected chi connectivity index (χ1v) is 8.21. The highest BCUT2D eigenvalue weighted by molar-refractivity contribution is 9.11. The molecule has 21 heavy (non-hydrogen) atoms. The molecule has 2 heterocycles. The number of thiophene rings is 1. The van der Waals surface area contributed by atoms with Crippen LogP contribution >= 0.6 is 27.3 Å². The minimum atomic E-state index is -0.393. The molecule has 1 aromatic rings. The lowest BCUT2D eigenvalue weighted by molar-refractivity contribution is -0.117. The van der Waals surface area contributed by atoms with Crippen molar-refractivity contribution in [3.8, 4) is 6.07 Å². The predicted octanol–water partition coefficient (Wildman–Crippen LogP) is 3.57. The molecule has 0 saturated heterocycles. The number of ether oxygens (including phenoxy) is 1. The third-order valence-electron chi connectivity index (χ3n) is 3.74. The molecule has 1 aromatic heterocycles. The molecule has 4 nitrogen and oxygen atoms in total. The highest BCUT2D eigenvalue weighted by atomic mass is 79.9. The highest BCUT2D eigenvalue weighted by Gasteiger charge is 2.40. The highest BCUT2D eigenvalue weighted by Crippen LogP contribution is 2.46. The first-order valence-electron chi connectivity index (χ1n) is 6.60. The van der Waals surface area contributed by atoms with Crippen LogP contribution in [0.5, 0.6) is 0 Å². The Labute approximate surface area is 135 Å². The normalized spacial score (nSPS) is 25.5. The van der Waals surface area contributed by atoms with Crippen LogP contribution in [0.15, 0.2) is 38.7 Å². The fourth-order valence-electron chi connectivity index (χ4n) is 2.86. The molecule has 1 aliphatic carbocycles. The number of hydrogen-bond donors (Lipinski definition) is 1. The van der Waals surface area contributed by atoms with Gasteiger partial charge in [0.15, 0.2) is 5.78 Å². The summed E-state index contributed by atoms with van der Waals surface area (Å²) in [5.74, 6) is 0.648. The maximum Gasteiger partial charge on any atom is 0.205 e. The predicted molar refractivity (Wildman–Crippen MR) is 83.1 cm³/mol. The zero-order chi connectivity index (χ0) is 15.1. The molecule has 0 aromatic carbocycles. The standard InChI is InChI=1S/C15H13BrN2O2S/c1-7-4-9(19)14-10(5-7)20-15(18)8(6-17)13(14)11-2-3-12(16)21-11/h2-3,7,13H,4-5,18H2,1H3/t7-,13+/m1/s1. The molecule has 0 amide bonds. The summed E-state index contributed by atoms with van der Waals surface area (Å²) in [6.45, 7) is 2.02. The zero-order valence-electron chi connectivity index (χ0n) is 11.4. The molecule has 0 spiro atoms. The number of carbonyl (C=O) groups is 1. The van der Waals surface area contributed by atoms with E-state index in [1.807, 2.05) is 19.1 Å². The number of rotatable bonds is 1. The smallest absolute Gasteiger partial charge is 0.205 e. The van der Waals surface area contributed by atoms with E-state index in [2.05, 4.69) is 22.0 Å². The molecule has 1 aliphatic heterocycles. The second-order valence-electron chi connectivity index (χ2n) is 5.34. The summed E-state index contributed by atoms with van der Waals surface area (Å²) in [5, 5.41) is 9.42. The van der Waals surface area contributed by atoms with Crippen LogP contribution in [-0.4, -0.2) is 5.78 Å². The molecule has 6 heteroatoms. The van der Waals surface area contributed by atoms with Crippen LogP contribution in [-0.2, 0) is 9.53 Å². The van der Waals surface area contributed by atoms with Crippen molar-refractivity contribution in [3.63, 3.8) is 0 Å². The third-order valence-corrected chi connectivity index (χ3v) is 5.43. The molecule has 3 rings (SSSR count). The number of carbonyl (C=O) groups excluding carboxylic acids is 1. The number of nitriles is 1. The summed E-state index contributed by atoms with van der Waals surface area (Å²) in [6.07, 6.45) is 1.17. The van der Waals surface area contributed by atoms with E-state index < -0.39 is 5.92 Å². The van der Waals surface area contributed by atoms with Crippen molar-refractivity contribution in [2.45, 2.75) is 25.7 Å². The van der Waals surface area contributed by atoms with E-state index in [4.69, 9.17) is 10.5 Å². The van der Waals surface area contributed by atoms with Crippen LogP contribution in [0.25, 0.3) is 0 Å². The van der Waals surface area contributed by atoms with Crippen molar-refractivity contribution in [1.82, 2.24) is 0 Å². The Morgan fingerprint density at radius 3 is 2.86 bits per heavy atom. The van der Waals surface area contributed by atoms with Gasteiger partial charge in [-0.25, -0.2) is 0 Å². The lowest BCUT2D eigenvalue weighted by Gasteiger charge is -2.32. The van der Waals surface area contributed by atoms with Crippen LogP contribution in [0, 0.1) is 17.2 Å². The monoisotopic (exact) mass is 364 g/mol. The Morgan fingerprint density at radius 2 is 2.24 bits per heavy atom. The van der Waals surface area contributed by atoms with E-state index in [1.54, 1.807) is 0 Å². The molecule has 0 saturated carbocycles. The van der Waals surface area contributed by atoms with Crippen molar-refractivity contribution < 1.29 is 9.53 Å². The van der Waals surface area contributed by atoms with Gasteiger partial charge >= 0.3 is 0 Å². The van der Waals surface area contributed by atoms with Crippen molar-refractivity contribution in [2.24, 2.45) is 11.7 Å². The number of Topliss-reactive ketones (excluding diaryl/α,β-unsaturated/α-hetero) is 1. The fourth-order valence-corrected chi connectivity index (χ4v) is 4.40. The van der Waals surface area contributed by atoms with Gasteiger partial charge in [-0.3, -0.25) is 4.79 Å². The zero-order valence-corrected chi connectivity index (χ0v) is 13.8. The van der Waals surface area contributed by atoms with Gasteiger partial charge in [0.2, 0.25) is 5.88 Å². The Balaban J connectivity index is 2.17. The Bertz CT molecular complexity index is 726. The van der Waals surface area contributed by atoms with Gasteiger partial charge in [-0.2, -0.15) is 5.26 Å². The second kappa shape index (κ2) is 5.32. The number of nitrogens with zero attached hydrogens (tertiary/aromatic N) is 1. The summed E-state index contributed by atoms with van der Waals surface area (Å²) in [5.41, 5.74) is 6.83. The fraction of sp³-hybridized carbons (Fsp3) is 0.333. The lowest BCUT2D eigenvalue weighted by atomic mass is 9.78. The van der Waals surface area contributed by atoms with E-state index in [-0.39, 0.29) is 17.6 Å². The number of ketones is 1. The van der Waals surface area contributed by atoms with Crippen molar-refractivity contribution in [2.75, 3.05) is 0 Å². The van der Waals surface area contributed by atoms with Gasteiger partial charge in [0.1, 0.15) is 17.4 Å². The van der Waals surface area contributed by atoms with E-state index >= 15 is 0 Å². The van der Waals surface area contributed by atoms with Gasteiger partial charge in [0.05, 0.1) is 9.70 Å². The second-order valence-corrected chi connectivity index (χ2v) is 7.83. The lowest BCUT2D eigenvalue weighted by Crippen LogP contribution is -2.29. The van der Waals surface area contributed by atoms with Gasteiger partial charge in [-0.1, -0.05) is 6.92 Å². The van der Waals surface area contributed by atoms with Gasteiger partial charge < -0.3 is 10.5 Å². The molecule has 2 atom stereocenters. The summed E-state index contributed by atoms with van der Waals surface area (Å²) in [4.78, 5) is 13.4. The van der Waals surface area contributed by atoms with Gasteiger partial charge in [0.25, 0.3) is 0 Å². The van der Waals surface area contributed by atoms with Crippen LogP contribution in [0.3, 0.4) is 0 Å². The molecular formula is C15H13BrN2O2S. The van der Waals surface area contributed by atoms with Gasteiger partial charge in [0, 0.05) is 23.3 Å². The van der Waals surface area contributed by atoms with Gasteiger partial charge in [-0.05, 0) is 34.0 Å². The topological polar surface area (TPSA) is 76.1 Å². The van der Waals surface area contributed by atoms with E-state index in [0.717, 1.165) is 8.66 Å². The molecule has 2 N–H and O–H groups in total. The van der Waals surface area contributed by atoms with Crippen LogP contribution in [0.2, 0.25) is 0 Å². The van der Waals surface area contributed by atoms with Crippen LogP contribution in [0.4, 0.5) is 0 Å². The number of nitrogens with two attached hydrogens (primary N) is 1. The summed E-state index contributed by atoms with van der Waals surface area (Å²) < 4.78 is 6.54. The number of halogens is 1. The van der Waals surface area contributed by atoms with E-state index in [1.165, 1.54) is 11.3 Å². The summed E-state index contributed by atoms with van der Waals surface area (Å²) >= 11 is 4.93. The van der Waals surface area contributed by atoms with Crippen LogP contribution < -0.4 is 5.73 Å².